The Morgan fingerprint density at radius 1 is 0.970 bits per heavy atom. The van der Waals surface area contributed by atoms with Gasteiger partial charge in [-0.1, -0.05) is 36.4 Å². The van der Waals surface area contributed by atoms with Crippen LogP contribution in [-0.2, 0) is 6.54 Å². The third-order valence-corrected chi connectivity index (χ3v) is 7.57. The fraction of sp³-hybridized carbons (Fsp3) is 0.464. The highest BCUT2D eigenvalue weighted by Gasteiger charge is 2.25. The molecule has 0 unspecified atom stereocenters. The first kappa shape index (κ1) is 22.2. The number of hydrogen-bond donors (Lipinski definition) is 1. The van der Waals surface area contributed by atoms with Gasteiger partial charge >= 0.3 is 0 Å². The molecule has 2 saturated heterocycles. The molecule has 0 aliphatic carbocycles. The number of piperazine rings is 1. The van der Waals surface area contributed by atoms with Gasteiger partial charge in [0.15, 0.2) is 0 Å². The minimum absolute atomic E-state index is 0.158. The monoisotopic (exact) mass is 444 g/mol. The molecule has 2 aliphatic heterocycles. The van der Waals surface area contributed by atoms with Crippen LogP contribution in [0.15, 0.2) is 54.7 Å². The van der Waals surface area contributed by atoms with Crippen LogP contribution in [0.25, 0.3) is 10.9 Å². The maximum Gasteiger partial charge on any atom is 0.254 e. The van der Waals surface area contributed by atoms with E-state index in [1.54, 1.807) is 0 Å². The fourth-order valence-corrected chi connectivity index (χ4v) is 5.49. The molecule has 0 radical (unpaired) electrons. The largest absolute Gasteiger partial charge is 0.361 e. The van der Waals surface area contributed by atoms with Crippen molar-refractivity contribution in [2.24, 2.45) is 0 Å². The molecule has 2 aromatic carbocycles. The minimum atomic E-state index is 0.158. The molecule has 5 rings (SSSR count). The Hall–Kier alpha value is -2.63. The molecule has 5 heteroatoms. The molecule has 1 aromatic heterocycles. The molecule has 0 saturated carbocycles. The van der Waals surface area contributed by atoms with Crippen LogP contribution in [0.5, 0.6) is 0 Å². The summed E-state index contributed by atoms with van der Waals surface area (Å²) in [6.45, 7) is 11.3. The van der Waals surface area contributed by atoms with Crippen LogP contribution in [0, 0.1) is 0 Å². The number of piperidine rings is 1. The number of hydrogen-bond acceptors (Lipinski definition) is 3. The highest BCUT2D eigenvalue weighted by molar-refractivity contribution is 5.98. The summed E-state index contributed by atoms with van der Waals surface area (Å²) in [5.74, 6) is 0.738. The number of aromatic nitrogens is 1. The number of fused-ring (bicyclic) bond motifs is 1. The van der Waals surface area contributed by atoms with Gasteiger partial charge in [-0.2, -0.15) is 0 Å². The average Bonchev–Trinajstić information content (AvgIpc) is 3.28. The zero-order valence-corrected chi connectivity index (χ0v) is 20.0. The van der Waals surface area contributed by atoms with E-state index in [1.165, 1.54) is 29.4 Å². The molecule has 0 atom stereocenters. The van der Waals surface area contributed by atoms with Crippen molar-refractivity contribution in [2.75, 3.05) is 39.3 Å². The number of rotatable bonds is 5. The molecule has 174 valence electrons. The van der Waals surface area contributed by atoms with E-state index in [1.807, 2.05) is 11.0 Å². The van der Waals surface area contributed by atoms with Gasteiger partial charge in [-0.05, 0) is 69.0 Å². The first-order valence-corrected chi connectivity index (χ1v) is 12.5. The summed E-state index contributed by atoms with van der Waals surface area (Å²) in [7, 11) is 0. The lowest BCUT2D eigenvalue weighted by Gasteiger charge is -2.37. The van der Waals surface area contributed by atoms with Crippen molar-refractivity contribution >= 4 is 16.8 Å². The number of likely N-dealkylation sites (tertiary alicyclic amines) is 1. The molecule has 33 heavy (non-hydrogen) atoms. The smallest absolute Gasteiger partial charge is 0.254 e. The van der Waals surface area contributed by atoms with Crippen LogP contribution in [-0.4, -0.2) is 70.9 Å². The topological polar surface area (TPSA) is 42.6 Å². The summed E-state index contributed by atoms with van der Waals surface area (Å²) in [6, 6.07) is 17.6. The number of nitrogens with one attached hydrogen (secondary N) is 1. The first-order chi connectivity index (χ1) is 16.1. The summed E-state index contributed by atoms with van der Waals surface area (Å²) in [4.78, 5) is 23.6. The van der Waals surface area contributed by atoms with E-state index in [9.17, 15) is 4.79 Å². The summed E-state index contributed by atoms with van der Waals surface area (Å²) < 4.78 is 0. The molecule has 2 aliphatic rings. The predicted molar refractivity (Wildman–Crippen MR) is 135 cm³/mol. The minimum Gasteiger partial charge on any atom is -0.361 e. The second-order valence-electron chi connectivity index (χ2n) is 9.96. The van der Waals surface area contributed by atoms with Crippen LogP contribution in [0.4, 0.5) is 0 Å². The van der Waals surface area contributed by atoms with Crippen LogP contribution >= 0.6 is 0 Å². The van der Waals surface area contributed by atoms with E-state index in [-0.39, 0.29) is 5.91 Å². The standard InChI is InChI=1S/C28H36N4O/c1-21(2)31-14-16-32(17-15-31)28(33)24-8-9-25-26(19-29-27(25)18-24)23-10-12-30(13-11-23)20-22-6-4-3-5-7-22/h3-9,18-19,21,23,29H,10-17,20H2,1-2H3. The highest BCUT2D eigenvalue weighted by atomic mass is 16.2. The Morgan fingerprint density at radius 3 is 2.39 bits per heavy atom. The van der Waals surface area contributed by atoms with Crippen molar-refractivity contribution in [3.8, 4) is 0 Å². The summed E-state index contributed by atoms with van der Waals surface area (Å²) in [5, 5.41) is 1.28. The maximum absolute atomic E-state index is 13.1. The quantitative estimate of drug-likeness (QED) is 0.620. The average molecular weight is 445 g/mol. The molecule has 3 aromatic rings. The van der Waals surface area contributed by atoms with Gasteiger partial charge < -0.3 is 9.88 Å². The molecule has 0 spiro atoms. The highest BCUT2D eigenvalue weighted by Crippen LogP contribution is 2.34. The molecular formula is C28H36N4O. The lowest BCUT2D eigenvalue weighted by molar-refractivity contribution is 0.0595. The zero-order chi connectivity index (χ0) is 22.8. The van der Waals surface area contributed by atoms with Gasteiger partial charge in [-0.15, -0.1) is 0 Å². The summed E-state index contributed by atoms with van der Waals surface area (Å²) in [5.41, 5.74) is 4.69. The second-order valence-corrected chi connectivity index (χ2v) is 9.96. The number of H-pyrrole nitrogens is 1. The molecule has 0 bridgehead atoms. The summed E-state index contributed by atoms with van der Waals surface area (Å²) >= 11 is 0. The Bertz CT molecular complexity index is 1070. The van der Waals surface area contributed by atoms with Crippen molar-refractivity contribution in [2.45, 2.75) is 45.2 Å². The van der Waals surface area contributed by atoms with Gasteiger partial charge in [0.2, 0.25) is 0 Å². The van der Waals surface area contributed by atoms with Crippen LogP contribution in [0.1, 0.15) is 54.1 Å². The van der Waals surface area contributed by atoms with Crippen LogP contribution < -0.4 is 0 Å². The van der Waals surface area contributed by atoms with E-state index in [0.717, 1.165) is 56.9 Å². The number of benzene rings is 2. The van der Waals surface area contributed by atoms with Crippen molar-refractivity contribution in [1.29, 1.82) is 0 Å². The van der Waals surface area contributed by atoms with E-state index >= 15 is 0 Å². The molecule has 2 fully saturated rings. The van der Waals surface area contributed by atoms with Crippen molar-refractivity contribution in [3.63, 3.8) is 0 Å². The lowest BCUT2D eigenvalue weighted by Crippen LogP contribution is -2.50. The SMILES string of the molecule is CC(C)N1CCN(C(=O)c2ccc3c(C4CCN(Cc5ccccc5)CC4)c[nH]c3c2)CC1. The van der Waals surface area contributed by atoms with Crippen molar-refractivity contribution in [1.82, 2.24) is 19.7 Å². The third kappa shape index (κ3) is 4.85. The maximum atomic E-state index is 13.1. The van der Waals surface area contributed by atoms with Gasteiger partial charge in [0.25, 0.3) is 5.91 Å². The molecule has 3 heterocycles. The molecule has 1 N–H and O–H groups in total. The Balaban J connectivity index is 1.22. The fourth-order valence-electron chi connectivity index (χ4n) is 5.49. The molecule has 5 nitrogen and oxygen atoms in total. The van der Waals surface area contributed by atoms with E-state index in [0.29, 0.717) is 12.0 Å². The number of aromatic amines is 1. The van der Waals surface area contributed by atoms with E-state index in [2.05, 4.69) is 77.3 Å². The van der Waals surface area contributed by atoms with Crippen molar-refractivity contribution in [3.05, 3.63) is 71.4 Å². The number of amides is 1. The van der Waals surface area contributed by atoms with Gasteiger partial charge in [-0.3, -0.25) is 14.6 Å². The number of carbonyl (C=O) groups excluding carboxylic acids is 1. The number of carbonyl (C=O) groups is 1. The van der Waals surface area contributed by atoms with Gasteiger partial charge in [0, 0.05) is 61.4 Å². The van der Waals surface area contributed by atoms with Gasteiger partial charge in [-0.25, -0.2) is 0 Å². The number of nitrogens with zero attached hydrogens (tertiary/aromatic N) is 3. The first-order valence-electron chi connectivity index (χ1n) is 12.5. The van der Waals surface area contributed by atoms with Gasteiger partial charge in [0.1, 0.15) is 0 Å². The molecule has 1 amide bonds. The van der Waals surface area contributed by atoms with E-state index in [4.69, 9.17) is 0 Å². The second kappa shape index (κ2) is 9.70. The van der Waals surface area contributed by atoms with Crippen LogP contribution in [0.2, 0.25) is 0 Å². The Kier molecular flexibility index (Phi) is 6.52. The third-order valence-electron chi connectivity index (χ3n) is 7.57. The van der Waals surface area contributed by atoms with Crippen molar-refractivity contribution < 1.29 is 4.79 Å². The Labute approximate surface area is 197 Å². The van der Waals surface area contributed by atoms with E-state index < -0.39 is 0 Å². The normalized spacial score (nSPS) is 18.9. The summed E-state index contributed by atoms with van der Waals surface area (Å²) in [6.07, 6.45) is 4.54. The lowest BCUT2D eigenvalue weighted by atomic mass is 9.89. The Morgan fingerprint density at radius 2 is 1.70 bits per heavy atom. The van der Waals surface area contributed by atoms with Crippen LogP contribution in [0.3, 0.4) is 0 Å². The molecular weight excluding hydrogens is 408 g/mol. The van der Waals surface area contributed by atoms with Gasteiger partial charge in [0.05, 0.1) is 0 Å². The zero-order valence-electron chi connectivity index (χ0n) is 20.0. The predicted octanol–water partition coefficient (Wildman–Crippen LogP) is 4.71.